The van der Waals surface area contributed by atoms with E-state index in [0.29, 0.717) is 13.0 Å². The van der Waals surface area contributed by atoms with E-state index in [2.05, 4.69) is 24.1 Å². The second kappa shape index (κ2) is 13.7. The summed E-state index contributed by atoms with van der Waals surface area (Å²) in [5, 5.41) is 0. The fourth-order valence-electron chi connectivity index (χ4n) is 5.32. The van der Waals surface area contributed by atoms with Crippen molar-refractivity contribution >= 4 is 24.0 Å². The van der Waals surface area contributed by atoms with Gasteiger partial charge < -0.3 is 24.0 Å². The predicted molar refractivity (Wildman–Crippen MR) is 160 cm³/mol. The molecule has 0 N–H and O–H groups in total. The summed E-state index contributed by atoms with van der Waals surface area (Å²) in [7, 11) is 7.34. The van der Waals surface area contributed by atoms with Gasteiger partial charge in [0, 0.05) is 24.8 Å². The average Bonchev–Trinajstić information content (AvgIpc) is 2.94. The lowest BCUT2D eigenvalue weighted by Crippen LogP contribution is -2.48. The van der Waals surface area contributed by atoms with Crippen molar-refractivity contribution in [3.05, 3.63) is 83.4 Å². The highest BCUT2D eigenvalue weighted by atomic mass is 35.5. The minimum absolute atomic E-state index is 0. The monoisotopic (exact) mass is 552 g/mol. The number of benzene rings is 3. The SMILES string of the molecule is COc1ccc(CCN(C)CCCCOc2ccccc2C2(C)Cc3ccccc3N(C)C2=O)cc1OC.Cl. The van der Waals surface area contributed by atoms with Crippen molar-refractivity contribution in [2.24, 2.45) is 0 Å². The van der Waals surface area contributed by atoms with Crippen molar-refractivity contribution < 1.29 is 19.0 Å². The maximum atomic E-state index is 13.5. The van der Waals surface area contributed by atoms with Gasteiger partial charge in [0.1, 0.15) is 5.75 Å². The van der Waals surface area contributed by atoms with Crippen LogP contribution in [0.2, 0.25) is 0 Å². The minimum Gasteiger partial charge on any atom is -0.493 e. The first-order chi connectivity index (χ1) is 18.4. The lowest BCUT2D eigenvalue weighted by atomic mass is 9.73. The third-order valence-corrected chi connectivity index (χ3v) is 7.58. The molecule has 0 aliphatic carbocycles. The lowest BCUT2D eigenvalue weighted by Gasteiger charge is -2.39. The Morgan fingerprint density at radius 1 is 0.897 bits per heavy atom. The van der Waals surface area contributed by atoms with Gasteiger partial charge in [-0.05, 0) is 81.6 Å². The van der Waals surface area contributed by atoms with Crippen LogP contribution >= 0.6 is 12.4 Å². The van der Waals surface area contributed by atoms with Crippen molar-refractivity contribution in [1.29, 1.82) is 0 Å². The van der Waals surface area contributed by atoms with Crippen LogP contribution in [0.1, 0.15) is 36.5 Å². The van der Waals surface area contributed by atoms with Crippen LogP contribution in [0, 0.1) is 0 Å². The highest BCUT2D eigenvalue weighted by molar-refractivity contribution is 6.03. The molecule has 0 radical (unpaired) electrons. The topological polar surface area (TPSA) is 51.2 Å². The normalized spacial score (nSPS) is 16.5. The first-order valence-electron chi connectivity index (χ1n) is 13.3. The molecule has 1 atom stereocenters. The van der Waals surface area contributed by atoms with E-state index in [1.165, 1.54) is 11.1 Å². The summed E-state index contributed by atoms with van der Waals surface area (Å²) in [6.45, 7) is 4.62. The first kappa shape index (κ1) is 30.3. The van der Waals surface area contributed by atoms with Gasteiger partial charge in [0.2, 0.25) is 5.91 Å². The van der Waals surface area contributed by atoms with Crippen LogP contribution in [-0.2, 0) is 23.1 Å². The van der Waals surface area contributed by atoms with Crippen LogP contribution in [0.5, 0.6) is 17.2 Å². The van der Waals surface area contributed by atoms with Crippen LogP contribution in [0.15, 0.2) is 66.7 Å². The van der Waals surface area contributed by atoms with E-state index >= 15 is 0 Å². The number of carbonyl (C=O) groups is 1. The number of nitrogens with zero attached hydrogens (tertiary/aromatic N) is 2. The number of likely N-dealkylation sites (N-methyl/N-ethyl adjacent to an activating group) is 2. The van der Waals surface area contributed by atoms with Gasteiger partial charge in [-0.2, -0.15) is 0 Å². The minimum atomic E-state index is -0.663. The van der Waals surface area contributed by atoms with Gasteiger partial charge in [0.05, 0.1) is 26.2 Å². The number of methoxy groups -OCH3 is 2. The Kier molecular flexibility index (Phi) is 10.7. The predicted octanol–water partition coefficient (Wildman–Crippen LogP) is 5.94. The molecule has 4 rings (SSSR count). The molecule has 0 bridgehead atoms. The first-order valence-corrected chi connectivity index (χ1v) is 13.3. The molecule has 3 aromatic carbocycles. The smallest absolute Gasteiger partial charge is 0.237 e. The molecule has 0 fully saturated rings. The van der Waals surface area contributed by atoms with Gasteiger partial charge in [-0.15, -0.1) is 12.4 Å². The summed E-state index contributed by atoms with van der Waals surface area (Å²) in [6.07, 6.45) is 3.60. The van der Waals surface area contributed by atoms with Gasteiger partial charge in [-0.25, -0.2) is 0 Å². The molecule has 0 spiro atoms. The number of unbranched alkanes of at least 4 members (excludes halogenated alkanes) is 1. The zero-order valence-electron chi connectivity index (χ0n) is 23.7. The van der Waals surface area contributed by atoms with E-state index in [1.54, 1.807) is 19.1 Å². The molecule has 1 unspecified atom stereocenters. The zero-order chi connectivity index (χ0) is 27.1. The number of halogens is 1. The molecule has 3 aromatic rings. The number of fused-ring (bicyclic) bond motifs is 1. The second-order valence-corrected chi connectivity index (χ2v) is 10.3. The van der Waals surface area contributed by atoms with E-state index in [-0.39, 0.29) is 18.3 Å². The summed E-state index contributed by atoms with van der Waals surface area (Å²) in [4.78, 5) is 17.6. The summed E-state index contributed by atoms with van der Waals surface area (Å²) < 4.78 is 17.0. The number of rotatable bonds is 12. The number of anilines is 1. The van der Waals surface area contributed by atoms with Crippen molar-refractivity contribution in [3.8, 4) is 17.2 Å². The number of ether oxygens (including phenoxy) is 3. The van der Waals surface area contributed by atoms with Crippen LogP contribution in [-0.4, -0.2) is 58.8 Å². The maximum Gasteiger partial charge on any atom is 0.237 e. The molecule has 1 aliphatic rings. The number of amides is 1. The van der Waals surface area contributed by atoms with Crippen molar-refractivity contribution in [2.45, 2.75) is 38.0 Å². The lowest BCUT2D eigenvalue weighted by molar-refractivity contribution is -0.123. The Hall–Kier alpha value is -3.22. The van der Waals surface area contributed by atoms with Gasteiger partial charge in [0.25, 0.3) is 0 Å². The summed E-state index contributed by atoms with van der Waals surface area (Å²) in [5.74, 6) is 2.43. The number of hydrogen-bond acceptors (Lipinski definition) is 5. The standard InChI is InChI=1S/C32H40N2O4.ClH/c1-32(23-25-12-6-8-14-27(25)34(3)31(32)35)26-13-7-9-15-28(26)38-21-11-10-19-33(2)20-18-24-16-17-29(36-4)30(22-24)37-5;/h6-9,12-17,22H,10-11,18-21,23H2,1-5H3;1H. The fourth-order valence-corrected chi connectivity index (χ4v) is 5.32. The van der Waals surface area contributed by atoms with Crippen molar-refractivity contribution in [1.82, 2.24) is 4.90 Å². The van der Waals surface area contributed by atoms with E-state index in [1.807, 2.05) is 68.6 Å². The van der Waals surface area contributed by atoms with E-state index in [9.17, 15) is 4.79 Å². The summed E-state index contributed by atoms with van der Waals surface area (Å²) >= 11 is 0. The van der Waals surface area contributed by atoms with Crippen LogP contribution in [0.4, 0.5) is 5.69 Å². The molecule has 210 valence electrons. The van der Waals surface area contributed by atoms with Gasteiger partial charge >= 0.3 is 0 Å². The Morgan fingerprint density at radius 2 is 1.62 bits per heavy atom. The number of para-hydroxylation sites is 2. The van der Waals surface area contributed by atoms with Crippen molar-refractivity contribution in [2.75, 3.05) is 52.9 Å². The van der Waals surface area contributed by atoms with Gasteiger partial charge in [-0.3, -0.25) is 4.79 Å². The molecule has 0 aromatic heterocycles. The molecular formula is C32H41ClN2O4. The molecule has 39 heavy (non-hydrogen) atoms. The number of hydrogen-bond donors (Lipinski definition) is 0. The number of carbonyl (C=O) groups excluding carboxylic acids is 1. The molecule has 6 nitrogen and oxygen atoms in total. The summed E-state index contributed by atoms with van der Waals surface area (Å²) in [5.41, 5.74) is 3.70. The van der Waals surface area contributed by atoms with E-state index < -0.39 is 5.41 Å². The Labute approximate surface area is 239 Å². The highest BCUT2D eigenvalue weighted by Crippen LogP contribution is 2.42. The summed E-state index contributed by atoms with van der Waals surface area (Å²) in [6, 6.07) is 22.2. The third kappa shape index (κ3) is 6.87. The molecule has 1 aliphatic heterocycles. The molecule has 0 saturated heterocycles. The Bertz CT molecular complexity index is 1250. The zero-order valence-corrected chi connectivity index (χ0v) is 24.6. The van der Waals surface area contributed by atoms with Crippen LogP contribution < -0.4 is 19.1 Å². The van der Waals surface area contributed by atoms with E-state index in [0.717, 1.165) is 60.9 Å². The van der Waals surface area contributed by atoms with Crippen molar-refractivity contribution in [3.63, 3.8) is 0 Å². The quantitative estimate of drug-likeness (QED) is 0.260. The average molecular weight is 553 g/mol. The third-order valence-electron chi connectivity index (χ3n) is 7.58. The molecule has 7 heteroatoms. The second-order valence-electron chi connectivity index (χ2n) is 10.3. The van der Waals surface area contributed by atoms with Crippen LogP contribution in [0.3, 0.4) is 0 Å². The Morgan fingerprint density at radius 3 is 2.38 bits per heavy atom. The highest BCUT2D eigenvalue weighted by Gasteiger charge is 2.44. The Balaban J connectivity index is 0.00000420. The van der Waals surface area contributed by atoms with Crippen LogP contribution in [0.25, 0.3) is 0 Å². The largest absolute Gasteiger partial charge is 0.493 e. The molecule has 1 amide bonds. The van der Waals surface area contributed by atoms with E-state index in [4.69, 9.17) is 14.2 Å². The van der Waals surface area contributed by atoms with Gasteiger partial charge in [-0.1, -0.05) is 42.5 Å². The van der Waals surface area contributed by atoms with Gasteiger partial charge in [0.15, 0.2) is 11.5 Å². The molecular weight excluding hydrogens is 512 g/mol. The molecule has 1 heterocycles. The fraction of sp³-hybridized carbons (Fsp3) is 0.406. The maximum absolute atomic E-state index is 13.5. The molecule has 0 saturated carbocycles.